The molecule has 0 aliphatic carbocycles. The number of thiocarbonyl (C=S) groups is 1. The number of pyridine rings is 1. The molecule has 1 aliphatic heterocycles. The van der Waals surface area contributed by atoms with Gasteiger partial charge in [0.15, 0.2) is 5.11 Å². The molecule has 1 saturated heterocycles. The third-order valence-corrected chi connectivity index (χ3v) is 7.62. The maximum Gasteiger partial charge on any atom is 0.174 e. The summed E-state index contributed by atoms with van der Waals surface area (Å²) in [4.78, 5) is 6.93. The van der Waals surface area contributed by atoms with E-state index in [0.29, 0.717) is 5.11 Å². The van der Waals surface area contributed by atoms with E-state index in [1.54, 1.807) is 0 Å². The number of hydrogen-bond acceptors (Lipinski definition) is 3. The number of para-hydroxylation sites is 1. The fourth-order valence-electron chi connectivity index (χ4n) is 5.38. The van der Waals surface area contributed by atoms with Gasteiger partial charge < -0.3 is 19.5 Å². The standard InChI is InChI=1S/C33H30N4OS/c1-23-21-29(24(2)36(23)22-25-11-5-3-6-12-25)32-31(30-15-9-10-20-34-30)35-33(39)37(32)26-16-18-28(19-17-26)38-27-13-7-4-8-14-27/h3-21,31-32H,22H2,1-2H3,(H,35,39). The molecule has 0 spiro atoms. The average molecular weight is 531 g/mol. The first-order valence-electron chi connectivity index (χ1n) is 13.1. The second kappa shape index (κ2) is 10.8. The molecule has 1 N–H and O–H groups in total. The Morgan fingerprint density at radius 1 is 0.821 bits per heavy atom. The lowest BCUT2D eigenvalue weighted by atomic mass is 9.96. The van der Waals surface area contributed by atoms with Crippen molar-refractivity contribution in [2.24, 2.45) is 0 Å². The fraction of sp³-hybridized carbons (Fsp3) is 0.152. The van der Waals surface area contributed by atoms with Crippen molar-refractivity contribution in [2.75, 3.05) is 4.90 Å². The van der Waals surface area contributed by atoms with Gasteiger partial charge in [-0.15, -0.1) is 0 Å². The van der Waals surface area contributed by atoms with Gasteiger partial charge in [0.25, 0.3) is 0 Å². The molecule has 1 aliphatic rings. The van der Waals surface area contributed by atoms with Crippen molar-refractivity contribution in [1.82, 2.24) is 14.9 Å². The first kappa shape index (κ1) is 24.9. The molecule has 0 amide bonds. The Balaban J connectivity index is 1.38. The maximum absolute atomic E-state index is 6.04. The van der Waals surface area contributed by atoms with Crippen molar-refractivity contribution < 1.29 is 4.74 Å². The highest BCUT2D eigenvalue weighted by Gasteiger charge is 2.42. The van der Waals surface area contributed by atoms with E-state index in [1.807, 2.05) is 60.8 Å². The molecule has 6 heteroatoms. The van der Waals surface area contributed by atoms with E-state index < -0.39 is 0 Å². The normalized spacial score (nSPS) is 16.8. The summed E-state index contributed by atoms with van der Waals surface area (Å²) < 4.78 is 8.42. The van der Waals surface area contributed by atoms with E-state index in [4.69, 9.17) is 21.9 Å². The van der Waals surface area contributed by atoms with Crippen LogP contribution in [-0.2, 0) is 6.54 Å². The van der Waals surface area contributed by atoms with Gasteiger partial charge in [-0.1, -0.05) is 54.6 Å². The Labute approximate surface area is 234 Å². The summed E-state index contributed by atoms with van der Waals surface area (Å²) in [6.45, 7) is 5.20. The SMILES string of the molecule is Cc1cc(C2C(c3ccccn3)NC(=S)N2c2ccc(Oc3ccccc3)cc2)c(C)n1Cc1ccccc1. The predicted octanol–water partition coefficient (Wildman–Crippen LogP) is 7.52. The fourth-order valence-corrected chi connectivity index (χ4v) is 5.73. The van der Waals surface area contributed by atoms with Gasteiger partial charge in [-0.2, -0.15) is 0 Å². The quantitative estimate of drug-likeness (QED) is 0.221. The van der Waals surface area contributed by atoms with E-state index in [2.05, 4.69) is 83.2 Å². The summed E-state index contributed by atoms with van der Waals surface area (Å²) >= 11 is 5.95. The number of rotatable bonds is 7. The van der Waals surface area contributed by atoms with Gasteiger partial charge in [-0.05, 0) is 91.8 Å². The van der Waals surface area contributed by atoms with Gasteiger partial charge in [-0.3, -0.25) is 4.98 Å². The first-order chi connectivity index (χ1) is 19.1. The maximum atomic E-state index is 6.04. The molecule has 0 saturated carbocycles. The van der Waals surface area contributed by atoms with Gasteiger partial charge in [-0.25, -0.2) is 0 Å². The van der Waals surface area contributed by atoms with Gasteiger partial charge in [0.2, 0.25) is 0 Å². The molecule has 1 fully saturated rings. The van der Waals surface area contributed by atoms with Crippen molar-refractivity contribution in [2.45, 2.75) is 32.5 Å². The lowest BCUT2D eigenvalue weighted by molar-refractivity contribution is 0.482. The van der Waals surface area contributed by atoms with Gasteiger partial charge in [0.05, 0.1) is 17.8 Å². The minimum Gasteiger partial charge on any atom is -0.457 e. The van der Waals surface area contributed by atoms with Crippen LogP contribution in [0.4, 0.5) is 5.69 Å². The van der Waals surface area contributed by atoms with Crippen LogP contribution in [0.3, 0.4) is 0 Å². The van der Waals surface area contributed by atoms with Crippen molar-refractivity contribution in [3.05, 3.63) is 144 Å². The lowest BCUT2D eigenvalue weighted by Gasteiger charge is -2.28. The second-order valence-electron chi connectivity index (χ2n) is 9.80. The first-order valence-corrected chi connectivity index (χ1v) is 13.5. The smallest absolute Gasteiger partial charge is 0.174 e. The Kier molecular flexibility index (Phi) is 6.86. The molecule has 0 bridgehead atoms. The summed E-state index contributed by atoms with van der Waals surface area (Å²) in [6, 6.07) is 36.7. The van der Waals surface area contributed by atoms with Crippen LogP contribution in [0.15, 0.2) is 115 Å². The molecule has 0 radical (unpaired) electrons. The van der Waals surface area contributed by atoms with Crippen molar-refractivity contribution in [1.29, 1.82) is 0 Å². The number of aryl methyl sites for hydroxylation is 1. The Morgan fingerprint density at radius 2 is 1.49 bits per heavy atom. The largest absolute Gasteiger partial charge is 0.457 e. The Bertz CT molecular complexity index is 1570. The van der Waals surface area contributed by atoms with Crippen LogP contribution in [0.1, 0.15) is 40.3 Å². The van der Waals surface area contributed by atoms with Crippen molar-refractivity contribution in [3.63, 3.8) is 0 Å². The zero-order chi connectivity index (χ0) is 26.8. The van der Waals surface area contributed by atoms with E-state index in [1.165, 1.54) is 22.5 Å². The number of hydrogen-bond donors (Lipinski definition) is 1. The minimum absolute atomic E-state index is 0.0657. The van der Waals surface area contributed by atoms with Crippen LogP contribution in [0.5, 0.6) is 11.5 Å². The molecule has 5 nitrogen and oxygen atoms in total. The van der Waals surface area contributed by atoms with Crippen molar-refractivity contribution >= 4 is 23.0 Å². The third-order valence-electron chi connectivity index (χ3n) is 7.31. The highest BCUT2D eigenvalue weighted by molar-refractivity contribution is 7.80. The van der Waals surface area contributed by atoms with Crippen LogP contribution in [0.2, 0.25) is 0 Å². The topological polar surface area (TPSA) is 42.3 Å². The molecular weight excluding hydrogens is 500 g/mol. The molecule has 6 rings (SSSR count). The minimum atomic E-state index is -0.0929. The van der Waals surface area contributed by atoms with E-state index in [-0.39, 0.29) is 12.1 Å². The summed E-state index contributed by atoms with van der Waals surface area (Å²) in [5, 5.41) is 4.26. The second-order valence-corrected chi connectivity index (χ2v) is 10.2. The molecule has 2 unspecified atom stereocenters. The summed E-state index contributed by atoms with van der Waals surface area (Å²) in [7, 11) is 0. The highest BCUT2D eigenvalue weighted by Crippen LogP contribution is 2.43. The summed E-state index contributed by atoms with van der Waals surface area (Å²) in [6.07, 6.45) is 1.84. The molecule has 194 valence electrons. The monoisotopic (exact) mass is 530 g/mol. The zero-order valence-corrected chi connectivity index (χ0v) is 22.8. The number of anilines is 1. The third kappa shape index (κ3) is 5.03. The molecule has 3 aromatic carbocycles. The van der Waals surface area contributed by atoms with Gasteiger partial charge in [0, 0.05) is 29.8 Å². The molecule has 2 aromatic heterocycles. The van der Waals surface area contributed by atoms with Crippen LogP contribution in [-0.4, -0.2) is 14.7 Å². The highest BCUT2D eigenvalue weighted by atomic mass is 32.1. The van der Waals surface area contributed by atoms with E-state index in [9.17, 15) is 0 Å². The number of benzene rings is 3. The Hall–Kier alpha value is -4.42. The molecule has 3 heterocycles. The van der Waals surface area contributed by atoms with Crippen LogP contribution >= 0.6 is 12.2 Å². The summed E-state index contributed by atoms with van der Waals surface area (Å²) in [5.74, 6) is 1.59. The number of aromatic nitrogens is 2. The van der Waals surface area contributed by atoms with Crippen LogP contribution in [0.25, 0.3) is 0 Å². The van der Waals surface area contributed by atoms with Crippen LogP contribution < -0.4 is 15.0 Å². The average Bonchev–Trinajstić information content (AvgIpc) is 3.46. The predicted molar refractivity (Wildman–Crippen MR) is 160 cm³/mol. The zero-order valence-electron chi connectivity index (χ0n) is 22.0. The van der Waals surface area contributed by atoms with E-state index >= 15 is 0 Å². The molecular formula is C33H30N4OS. The summed E-state index contributed by atoms with van der Waals surface area (Å²) in [5.41, 5.74) is 6.92. The van der Waals surface area contributed by atoms with Crippen LogP contribution in [0, 0.1) is 13.8 Å². The Morgan fingerprint density at radius 3 is 2.18 bits per heavy atom. The molecule has 2 atom stereocenters. The van der Waals surface area contributed by atoms with Gasteiger partial charge >= 0.3 is 0 Å². The lowest BCUT2D eigenvalue weighted by Crippen LogP contribution is -2.29. The number of nitrogens with one attached hydrogen (secondary N) is 1. The number of nitrogens with zero attached hydrogens (tertiary/aromatic N) is 3. The molecule has 39 heavy (non-hydrogen) atoms. The number of ether oxygens (including phenoxy) is 1. The van der Waals surface area contributed by atoms with E-state index in [0.717, 1.165) is 29.4 Å². The van der Waals surface area contributed by atoms with Crippen molar-refractivity contribution in [3.8, 4) is 11.5 Å². The van der Waals surface area contributed by atoms with Gasteiger partial charge in [0.1, 0.15) is 11.5 Å². The molecule has 5 aromatic rings.